The predicted octanol–water partition coefficient (Wildman–Crippen LogP) is 21.0. The highest BCUT2D eigenvalue weighted by Gasteiger charge is 2.30. The molecule has 0 spiro atoms. The van der Waals surface area contributed by atoms with Crippen LogP contribution < -0.4 is 0 Å². The predicted molar refractivity (Wildman–Crippen MR) is 372 cm³/mol. The zero-order valence-electron chi connectivity index (χ0n) is 60.0. The van der Waals surface area contributed by atoms with E-state index in [-0.39, 0.29) is 25.7 Å². The number of carbonyl (C=O) groups is 4. The molecular formula is C73H142O17P2. The third-order valence-corrected chi connectivity index (χ3v) is 19.5. The van der Waals surface area contributed by atoms with Crippen LogP contribution in [0.25, 0.3) is 0 Å². The van der Waals surface area contributed by atoms with Gasteiger partial charge in [0.25, 0.3) is 0 Å². The molecule has 0 bridgehead atoms. The zero-order chi connectivity index (χ0) is 68.0. The molecule has 4 unspecified atom stereocenters. The number of aliphatic hydroxyl groups is 1. The second-order valence-corrected chi connectivity index (χ2v) is 30.2. The third-order valence-electron chi connectivity index (χ3n) is 17.6. The molecule has 7 atom stereocenters. The van der Waals surface area contributed by atoms with Gasteiger partial charge in [-0.3, -0.25) is 37.3 Å². The molecule has 0 rings (SSSR count). The minimum Gasteiger partial charge on any atom is -0.462 e. The molecule has 0 fully saturated rings. The molecule has 0 amide bonds. The number of carbonyl (C=O) groups excluding carboxylic acids is 4. The van der Waals surface area contributed by atoms with E-state index in [1.807, 2.05) is 0 Å². The maximum absolute atomic E-state index is 13.1. The largest absolute Gasteiger partial charge is 0.472 e. The van der Waals surface area contributed by atoms with Crippen molar-refractivity contribution < 1.29 is 80.2 Å². The Morgan fingerprint density at radius 1 is 0.315 bits per heavy atom. The second kappa shape index (κ2) is 63.8. The molecule has 0 aromatic rings. The van der Waals surface area contributed by atoms with E-state index in [1.165, 1.54) is 173 Å². The van der Waals surface area contributed by atoms with Gasteiger partial charge in [-0.2, -0.15) is 0 Å². The summed E-state index contributed by atoms with van der Waals surface area (Å²) in [5.41, 5.74) is 0. The smallest absolute Gasteiger partial charge is 0.462 e. The van der Waals surface area contributed by atoms with Crippen LogP contribution in [0.1, 0.15) is 370 Å². The molecule has 0 aromatic heterocycles. The quantitative estimate of drug-likeness (QED) is 0.0222. The fourth-order valence-electron chi connectivity index (χ4n) is 11.0. The maximum Gasteiger partial charge on any atom is 0.472 e. The van der Waals surface area contributed by atoms with Crippen molar-refractivity contribution in [2.45, 2.75) is 388 Å². The van der Waals surface area contributed by atoms with E-state index in [0.717, 1.165) is 114 Å². The first-order chi connectivity index (χ1) is 44.3. The van der Waals surface area contributed by atoms with Gasteiger partial charge in [0, 0.05) is 25.7 Å². The van der Waals surface area contributed by atoms with E-state index in [2.05, 4.69) is 48.5 Å². The Morgan fingerprint density at radius 2 is 0.554 bits per heavy atom. The highest BCUT2D eigenvalue weighted by atomic mass is 31.2. The van der Waals surface area contributed by atoms with Gasteiger partial charge in [-0.05, 0) is 43.4 Å². The lowest BCUT2D eigenvalue weighted by Gasteiger charge is -2.21. The number of unbranched alkanes of at least 4 members (excludes halogenated alkanes) is 37. The van der Waals surface area contributed by atoms with Gasteiger partial charge in [0.05, 0.1) is 26.4 Å². The van der Waals surface area contributed by atoms with Crippen LogP contribution in [0.5, 0.6) is 0 Å². The SMILES string of the molecule is CCCCCCCCCCCCCCCC(=O)OC[C@H](COP(=O)(O)OC[C@@H](O)COP(=O)(O)OC[C@@H](COC(=O)CCCCCCCCC(C)CC)OC(=O)CCCCCCCCCCC(C)CC)OC(=O)CCCCCCCCCCCCCCCCC(C)C. The lowest BCUT2D eigenvalue weighted by Crippen LogP contribution is -2.30. The van der Waals surface area contributed by atoms with E-state index in [4.69, 9.17) is 37.0 Å². The summed E-state index contributed by atoms with van der Waals surface area (Å²) in [4.78, 5) is 72.7. The van der Waals surface area contributed by atoms with Crippen molar-refractivity contribution in [1.82, 2.24) is 0 Å². The van der Waals surface area contributed by atoms with Crippen LogP contribution in [0, 0.1) is 17.8 Å². The Balaban J connectivity index is 5.26. The number of hydrogen-bond acceptors (Lipinski definition) is 15. The molecular weight excluding hydrogens is 1210 g/mol. The molecule has 17 nitrogen and oxygen atoms in total. The molecule has 0 aliphatic carbocycles. The van der Waals surface area contributed by atoms with Gasteiger partial charge in [0.1, 0.15) is 19.3 Å². The number of ether oxygens (including phenoxy) is 4. The first-order valence-electron chi connectivity index (χ1n) is 37.9. The zero-order valence-corrected chi connectivity index (χ0v) is 61.8. The van der Waals surface area contributed by atoms with Crippen molar-refractivity contribution in [3.05, 3.63) is 0 Å². The summed E-state index contributed by atoms with van der Waals surface area (Å²) in [7, 11) is -9.91. The molecule has 546 valence electrons. The highest BCUT2D eigenvalue weighted by molar-refractivity contribution is 7.47. The Kier molecular flexibility index (Phi) is 62.4. The van der Waals surface area contributed by atoms with Crippen LogP contribution in [0.4, 0.5) is 0 Å². The Bertz CT molecular complexity index is 1810. The van der Waals surface area contributed by atoms with Crippen molar-refractivity contribution in [3.63, 3.8) is 0 Å². The average Bonchev–Trinajstić information content (AvgIpc) is 2.44. The molecule has 0 saturated carbocycles. The van der Waals surface area contributed by atoms with Crippen LogP contribution >= 0.6 is 15.6 Å². The van der Waals surface area contributed by atoms with Crippen molar-refractivity contribution in [2.24, 2.45) is 17.8 Å². The van der Waals surface area contributed by atoms with Gasteiger partial charge >= 0.3 is 39.5 Å². The molecule has 0 saturated heterocycles. The van der Waals surface area contributed by atoms with Crippen molar-refractivity contribution in [1.29, 1.82) is 0 Å². The number of phosphoric ester groups is 2. The normalized spacial score (nSPS) is 14.7. The molecule has 0 aliphatic rings. The second-order valence-electron chi connectivity index (χ2n) is 27.3. The van der Waals surface area contributed by atoms with Crippen molar-refractivity contribution in [3.8, 4) is 0 Å². The molecule has 19 heteroatoms. The summed E-state index contributed by atoms with van der Waals surface area (Å²) in [5.74, 6) is 0.172. The third kappa shape index (κ3) is 64.1. The summed E-state index contributed by atoms with van der Waals surface area (Å²) >= 11 is 0. The van der Waals surface area contributed by atoms with Crippen LogP contribution in [0.15, 0.2) is 0 Å². The first-order valence-corrected chi connectivity index (χ1v) is 40.9. The van der Waals surface area contributed by atoms with Crippen molar-refractivity contribution in [2.75, 3.05) is 39.6 Å². The molecule has 92 heavy (non-hydrogen) atoms. The fraction of sp³-hybridized carbons (Fsp3) is 0.945. The van der Waals surface area contributed by atoms with E-state index in [1.54, 1.807) is 0 Å². The van der Waals surface area contributed by atoms with Gasteiger partial charge in [0.2, 0.25) is 0 Å². The molecule has 0 radical (unpaired) electrons. The van der Waals surface area contributed by atoms with Crippen LogP contribution in [0.2, 0.25) is 0 Å². The van der Waals surface area contributed by atoms with Gasteiger partial charge in [0.15, 0.2) is 12.2 Å². The minimum absolute atomic E-state index is 0.104. The Labute approximate surface area is 562 Å². The lowest BCUT2D eigenvalue weighted by molar-refractivity contribution is -0.161. The summed E-state index contributed by atoms with van der Waals surface area (Å²) in [5, 5.41) is 10.6. The molecule has 0 aromatic carbocycles. The number of rotatable bonds is 71. The lowest BCUT2D eigenvalue weighted by atomic mass is 9.99. The number of esters is 4. The summed E-state index contributed by atoms with van der Waals surface area (Å²) < 4.78 is 68.4. The maximum atomic E-state index is 13.1. The van der Waals surface area contributed by atoms with E-state index >= 15 is 0 Å². The average molecular weight is 1350 g/mol. The van der Waals surface area contributed by atoms with Gasteiger partial charge < -0.3 is 33.8 Å². The monoisotopic (exact) mass is 1350 g/mol. The van der Waals surface area contributed by atoms with Crippen LogP contribution in [0.3, 0.4) is 0 Å². The number of aliphatic hydroxyl groups excluding tert-OH is 1. The number of phosphoric acid groups is 2. The van der Waals surface area contributed by atoms with Crippen LogP contribution in [-0.4, -0.2) is 96.7 Å². The van der Waals surface area contributed by atoms with Crippen LogP contribution in [-0.2, 0) is 65.4 Å². The highest BCUT2D eigenvalue weighted by Crippen LogP contribution is 2.45. The summed E-state index contributed by atoms with van der Waals surface area (Å²) in [6, 6.07) is 0. The van der Waals surface area contributed by atoms with E-state index in [9.17, 15) is 43.2 Å². The molecule has 3 N–H and O–H groups in total. The topological polar surface area (TPSA) is 237 Å². The minimum atomic E-state index is -4.95. The molecule has 0 aliphatic heterocycles. The standard InChI is InChI=1S/C73H142O17P2/c1-8-11-12-13-14-15-16-19-23-26-32-40-47-54-70(75)83-60-68(89-72(77)56-49-42-33-27-24-21-18-17-20-22-25-30-37-44-51-64(4)5)62-87-91(79,80)85-58-67(74)59-86-92(81,82)88-63-69(61-84-71(76)55-48-41-36-35-39-46-53-66(7)10-3)90-73(78)57-50-43-34-29-28-31-38-45-52-65(6)9-2/h64-69,74H,8-63H2,1-7H3,(H,79,80)(H,81,82)/t65?,66?,67-,68-,69-/m1/s1. The summed E-state index contributed by atoms with van der Waals surface area (Å²) in [6.45, 7) is 11.9. The Morgan fingerprint density at radius 3 is 0.826 bits per heavy atom. The van der Waals surface area contributed by atoms with Crippen molar-refractivity contribution >= 4 is 39.5 Å². The van der Waals surface area contributed by atoms with Gasteiger partial charge in [-0.1, -0.05) is 318 Å². The van der Waals surface area contributed by atoms with Gasteiger partial charge in [-0.15, -0.1) is 0 Å². The van der Waals surface area contributed by atoms with Gasteiger partial charge in [-0.25, -0.2) is 9.13 Å². The Hall–Kier alpha value is -1.94. The van der Waals surface area contributed by atoms with E-state index in [0.29, 0.717) is 25.7 Å². The molecule has 0 heterocycles. The fourth-order valence-corrected chi connectivity index (χ4v) is 12.6. The first kappa shape index (κ1) is 90.1. The summed E-state index contributed by atoms with van der Waals surface area (Å²) in [6.07, 6.45) is 48.5. The van der Waals surface area contributed by atoms with E-state index < -0.39 is 97.5 Å². The number of hydrogen-bond donors (Lipinski definition) is 3.